The molecule has 5 nitrogen and oxygen atoms in total. The first-order valence-corrected chi connectivity index (χ1v) is 4.80. The third-order valence-electron chi connectivity index (χ3n) is 2.24. The van der Waals surface area contributed by atoms with Gasteiger partial charge in [-0.25, -0.2) is 0 Å². The summed E-state index contributed by atoms with van der Waals surface area (Å²) in [6.45, 7) is 0.0615. The van der Waals surface area contributed by atoms with E-state index in [1.54, 1.807) is 0 Å². The fourth-order valence-corrected chi connectivity index (χ4v) is 1.48. The third-order valence-corrected chi connectivity index (χ3v) is 2.24. The van der Waals surface area contributed by atoms with Crippen LogP contribution >= 0.6 is 0 Å². The van der Waals surface area contributed by atoms with Crippen molar-refractivity contribution in [2.75, 3.05) is 20.8 Å². The number of carbonyl (C=O) groups is 2. The Kier molecular flexibility index (Phi) is 4.15. The SMILES string of the molecule is COC(=O)CNC1=C(OC)C(=O)CCC1. The Labute approximate surface area is 88.4 Å². The van der Waals surface area contributed by atoms with Gasteiger partial charge in [0.1, 0.15) is 6.54 Å². The molecule has 0 atom stereocenters. The van der Waals surface area contributed by atoms with Crippen LogP contribution in [0.25, 0.3) is 0 Å². The Morgan fingerprint density at radius 3 is 2.73 bits per heavy atom. The molecule has 0 radical (unpaired) electrons. The van der Waals surface area contributed by atoms with Gasteiger partial charge < -0.3 is 14.8 Å². The van der Waals surface area contributed by atoms with Crippen LogP contribution in [-0.4, -0.2) is 32.5 Å². The molecule has 1 N–H and O–H groups in total. The summed E-state index contributed by atoms with van der Waals surface area (Å²) >= 11 is 0. The van der Waals surface area contributed by atoms with Crippen LogP contribution in [-0.2, 0) is 19.1 Å². The molecule has 1 aliphatic rings. The molecule has 0 aromatic heterocycles. The van der Waals surface area contributed by atoms with Crippen molar-refractivity contribution in [1.29, 1.82) is 0 Å². The second kappa shape index (κ2) is 5.38. The van der Waals surface area contributed by atoms with Crippen molar-refractivity contribution in [2.24, 2.45) is 0 Å². The molecule has 0 heterocycles. The lowest BCUT2D eigenvalue weighted by molar-refractivity contribution is -0.139. The van der Waals surface area contributed by atoms with Gasteiger partial charge in [-0.05, 0) is 12.8 Å². The number of carbonyl (C=O) groups excluding carboxylic acids is 2. The number of esters is 1. The molecule has 0 fully saturated rings. The number of allylic oxidation sites excluding steroid dienone is 2. The third kappa shape index (κ3) is 2.97. The van der Waals surface area contributed by atoms with Crippen molar-refractivity contribution >= 4 is 11.8 Å². The standard InChI is InChI=1S/C10H15NO4/c1-14-9(13)6-11-7-4-3-5-8(12)10(7)15-2/h11H,3-6H2,1-2H3. The molecule has 0 amide bonds. The molecule has 0 aliphatic heterocycles. The van der Waals surface area contributed by atoms with Crippen LogP contribution < -0.4 is 5.32 Å². The van der Waals surface area contributed by atoms with E-state index in [0.717, 1.165) is 12.8 Å². The minimum atomic E-state index is -0.365. The van der Waals surface area contributed by atoms with E-state index in [-0.39, 0.29) is 18.3 Å². The molecule has 0 saturated heterocycles. The lowest BCUT2D eigenvalue weighted by atomic mass is 10.0. The van der Waals surface area contributed by atoms with Crippen LogP contribution in [0.1, 0.15) is 19.3 Å². The van der Waals surface area contributed by atoms with E-state index in [1.165, 1.54) is 14.2 Å². The van der Waals surface area contributed by atoms with E-state index < -0.39 is 0 Å². The van der Waals surface area contributed by atoms with Gasteiger partial charge in [-0.15, -0.1) is 0 Å². The Bertz CT molecular complexity index is 296. The number of ketones is 1. The molecule has 5 heteroatoms. The van der Waals surface area contributed by atoms with Gasteiger partial charge in [0.15, 0.2) is 11.5 Å². The first-order chi connectivity index (χ1) is 7.19. The first kappa shape index (κ1) is 11.6. The molecule has 0 bridgehead atoms. The van der Waals surface area contributed by atoms with E-state index in [2.05, 4.69) is 10.1 Å². The highest BCUT2D eigenvalue weighted by molar-refractivity contribution is 5.94. The molecule has 1 rings (SSSR count). The number of methoxy groups -OCH3 is 2. The summed E-state index contributed by atoms with van der Waals surface area (Å²) in [6, 6.07) is 0. The maximum Gasteiger partial charge on any atom is 0.325 e. The average Bonchev–Trinajstić information content (AvgIpc) is 2.25. The second-order valence-corrected chi connectivity index (χ2v) is 3.22. The van der Waals surface area contributed by atoms with Crippen molar-refractivity contribution in [1.82, 2.24) is 5.32 Å². The summed E-state index contributed by atoms with van der Waals surface area (Å²) in [7, 11) is 2.78. The smallest absolute Gasteiger partial charge is 0.325 e. The van der Waals surface area contributed by atoms with Crippen molar-refractivity contribution in [3.05, 3.63) is 11.5 Å². The van der Waals surface area contributed by atoms with Gasteiger partial charge in [0.2, 0.25) is 0 Å². The topological polar surface area (TPSA) is 64.6 Å². The maximum atomic E-state index is 11.4. The molecular formula is C10H15NO4. The van der Waals surface area contributed by atoms with E-state index in [9.17, 15) is 9.59 Å². The predicted molar refractivity (Wildman–Crippen MR) is 52.9 cm³/mol. The highest BCUT2D eigenvalue weighted by Crippen LogP contribution is 2.20. The minimum Gasteiger partial charge on any atom is -0.491 e. The highest BCUT2D eigenvalue weighted by Gasteiger charge is 2.21. The van der Waals surface area contributed by atoms with Crippen molar-refractivity contribution in [3.8, 4) is 0 Å². The Morgan fingerprint density at radius 1 is 1.40 bits per heavy atom. The monoisotopic (exact) mass is 213 g/mol. The summed E-state index contributed by atoms with van der Waals surface area (Å²) in [4.78, 5) is 22.3. The molecule has 0 saturated carbocycles. The van der Waals surface area contributed by atoms with Gasteiger partial charge >= 0.3 is 5.97 Å². The minimum absolute atomic E-state index is 0.0175. The lowest BCUT2D eigenvalue weighted by Gasteiger charge is -2.18. The Morgan fingerprint density at radius 2 is 2.13 bits per heavy atom. The molecule has 0 unspecified atom stereocenters. The summed E-state index contributed by atoms with van der Waals surface area (Å²) in [5.41, 5.74) is 0.694. The average molecular weight is 213 g/mol. The Balaban J connectivity index is 2.64. The summed E-state index contributed by atoms with van der Waals surface area (Å²) in [5.74, 6) is -0.0442. The fourth-order valence-electron chi connectivity index (χ4n) is 1.48. The van der Waals surface area contributed by atoms with Crippen molar-refractivity contribution in [2.45, 2.75) is 19.3 Å². The number of nitrogens with one attached hydrogen (secondary N) is 1. The second-order valence-electron chi connectivity index (χ2n) is 3.22. The van der Waals surface area contributed by atoms with E-state index in [1.807, 2.05) is 0 Å². The van der Waals surface area contributed by atoms with Crippen LogP contribution in [0, 0.1) is 0 Å². The van der Waals surface area contributed by atoms with Gasteiger partial charge in [-0.3, -0.25) is 9.59 Å². The predicted octanol–water partition coefficient (Wildman–Crippen LogP) is 0.360. The molecule has 0 aromatic carbocycles. The van der Waals surface area contributed by atoms with E-state index >= 15 is 0 Å². The van der Waals surface area contributed by atoms with Crippen LogP contribution in [0.4, 0.5) is 0 Å². The van der Waals surface area contributed by atoms with Crippen LogP contribution in [0.3, 0.4) is 0 Å². The van der Waals surface area contributed by atoms with Crippen LogP contribution in [0.5, 0.6) is 0 Å². The maximum absolute atomic E-state index is 11.4. The van der Waals surface area contributed by atoms with Gasteiger partial charge in [0.25, 0.3) is 0 Å². The molecule has 15 heavy (non-hydrogen) atoms. The van der Waals surface area contributed by atoms with Crippen molar-refractivity contribution in [3.63, 3.8) is 0 Å². The quantitative estimate of drug-likeness (QED) is 0.683. The zero-order valence-corrected chi connectivity index (χ0v) is 8.96. The normalized spacial score (nSPS) is 16.3. The summed E-state index contributed by atoms with van der Waals surface area (Å²) in [5, 5.41) is 2.86. The molecule has 1 aliphatic carbocycles. The summed E-state index contributed by atoms with van der Waals surface area (Å²) in [6.07, 6.45) is 2.02. The van der Waals surface area contributed by atoms with Gasteiger partial charge in [0, 0.05) is 6.42 Å². The van der Waals surface area contributed by atoms with Gasteiger partial charge in [-0.1, -0.05) is 0 Å². The number of Topliss-reactive ketones (excluding diaryl/α,β-unsaturated/α-hetero) is 1. The summed E-state index contributed by atoms with van der Waals surface area (Å²) < 4.78 is 9.48. The number of hydrogen-bond acceptors (Lipinski definition) is 5. The molecule has 0 spiro atoms. The number of rotatable bonds is 4. The van der Waals surface area contributed by atoms with E-state index in [0.29, 0.717) is 17.9 Å². The fraction of sp³-hybridized carbons (Fsp3) is 0.600. The Hall–Kier alpha value is -1.52. The van der Waals surface area contributed by atoms with Crippen LogP contribution in [0.15, 0.2) is 11.5 Å². The lowest BCUT2D eigenvalue weighted by Crippen LogP contribution is -2.28. The van der Waals surface area contributed by atoms with Gasteiger partial charge in [-0.2, -0.15) is 0 Å². The highest BCUT2D eigenvalue weighted by atomic mass is 16.5. The zero-order chi connectivity index (χ0) is 11.3. The first-order valence-electron chi connectivity index (χ1n) is 4.80. The number of ether oxygens (including phenoxy) is 2. The van der Waals surface area contributed by atoms with Gasteiger partial charge in [0.05, 0.1) is 19.9 Å². The van der Waals surface area contributed by atoms with Crippen molar-refractivity contribution < 1.29 is 19.1 Å². The molecular weight excluding hydrogens is 198 g/mol. The molecule has 84 valence electrons. The molecule has 0 aromatic rings. The van der Waals surface area contributed by atoms with E-state index in [4.69, 9.17) is 4.74 Å². The van der Waals surface area contributed by atoms with Crippen LogP contribution in [0.2, 0.25) is 0 Å². The largest absolute Gasteiger partial charge is 0.491 e. The zero-order valence-electron chi connectivity index (χ0n) is 8.96. The number of hydrogen-bond donors (Lipinski definition) is 1.